The van der Waals surface area contributed by atoms with E-state index in [1.807, 2.05) is 24.3 Å². The smallest absolute Gasteiger partial charge is 0.243 e. The van der Waals surface area contributed by atoms with E-state index < -0.39 is 6.04 Å². The standard InChI is InChI=1S/C18H26ClN3O3S/c1-14(23)21-17(13-26-16-5-3-15(19)4-6-16)18(24)20-7-2-8-22-9-11-25-12-10-22/h3-6,17H,2,7-13H2,1H3,(H,20,24)(H,21,23). The summed E-state index contributed by atoms with van der Waals surface area (Å²) in [5.74, 6) is 0.107. The first-order valence-electron chi connectivity index (χ1n) is 8.78. The third kappa shape index (κ3) is 7.95. The van der Waals surface area contributed by atoms with E-state index in [2.05, 4.69) is 15.5 Å². The van der Waals surface area contributed by atoms with Crippen molar-refractivity contribution in [1.82, 2.24) is 15.5 Å². The van der Waals surface area contributed by atoms with Gasteiger partial charge in [0.25, 0.3) is 0 Å². The predicted octanol–water partition coefficient (Wildman–Crippen LogP) is 1.78. The fourth-order valence-electron chi connectivity index (χ4n) is 2.60. The molecule has 144 valence electrons. The first-order chi connectivity index (χ1) is 12.5. The molecular formula is C18H26ClN3O3S. The van der Waals surface area contributed by atoms with Crippen molar-refractivity contribution in [3.63, 3.8) is 0 Å². The molecule has 2 rings (SSSR count). The first kappa shape index (κ1) is 21.0. The van der Waals surface area contributed by atoms with Crippen LogP contribution in [0.4, 0.5) is 0 Å². The number of thioether (sulfide) groups is 1. The van der Waals surface area contributed by atoms with Crippen LogP contribution in [0.5, 0.6) is 0 Å². The number of amides is 2. The molecule has 0 spiro atoms. The van der Waals surface area contributed by atoms with Crippen molar-refractivity contribution in [3.05, 3.63) is 29.3 Å². The molecule has 1 unspecified atom stereocenters. The summed E-state index contributed by atoms with van der Waals surface area (Å²) < 4.78 is 5.32. The number of ether oxygens (including phenoxy) is 1. The van der Waals surface area contributed by atoms with Gasteiger partial charge in [-0.05, 0) is 37.2 Å². The molecule has 0 bridgehead atoms. The monoisotopic (exact) mass is 399 g/mol. The van der Waals surface area contributed by atoms with Crippen LogP contribution in [0.3, 0.4) is 0 Å². The number of carbonyl (C=O) groups excluding carboxylic acids is 2. The van der Waals surface area contributed by atoms with E-state index in [1.165, 1.54) is 18.7 Å². The second-order valence-corrected chi connectivity index (χ2v) is 7.65. The molecule has 1 heterocycles. The Morgan fingerprint density at radius 3 is 2.62 bits per heavy atom. The van der Waals surface area contributed by atoms with Gasteiger partial charge in [0.1, 0.15) is 6.04 Å². The molecule has 1 aromatic rings. The zero-order chi connectivity index (χ0) is 18.8. The number of rotatable bonds is 9. The normalized spacial score (nSPS) is 16.1. The molecule has 2 N–H and O–H groups in total. The van der Waals surface area contributed by atoms with Gasteiger partial charge in [-0.25, -0.2) is 0 Å². The van der Waals surface area contributed by atoms with Gasteiger partial charge in [-0.3, -0.25) is 14.5 Å². The Kier molecular flexibility index (Phi) is 9.25. The minimum Gasteiger partial charge on any atom is -0.379 e. The molecule has 0 radical (unpaired) electrons. The highest BCUT2D eigenvalue weighted by atomic mass is 35.5. The first-order valence-corrected chi connectivity index (χ1v) is 10.1. The topological polar surface area (TPSA) is 70.7 Å². The van der Waals surface area contributed by atoms with Gasteiger partial charge in [-0.15, -0.1) is 11.8 Å². The van der Waals surface area contributed by atoms with Crippen LogP contribution >= 0.6 is 23.4 Å². The van der Waals surface area contributed by atoms with Crippen molar-refractivity contribution >= 4 is 35.2 Å². The number of hydrogen-bond acceptors (Lipinski definition) is 5. The molecule has 26 heavy (non-hydrogen) atoms. The van der Waals surface area contributed by atoms with Crippen LogP contribution in [0.25, 0.3) is 0 Å². The number of carbonyl (C=O) groups is 2. The van der Waals surface area contributed by atoms with Gasteiger partial charge in [0.2, 0.25) is 11.8 Å². The van der Waals surface area contributed by atoms with Crippen LogP contribution in [0.1, 0.15) is 13.3 Å². The Morgan fingerprint density at radius 1 is 1.27 bits per heavy atom. The average Bonchev–Trinajstić information content (AvgIpc) is 2.64. The van der Waals surface area contributed by atoms with E-state index in [1.54, 1.807) is 0 Å². The summed E-state index contributed by atoms with van der Waals surface area (Å²) >= 11 is 7.39. The number of morpholine rings is 1. The molecule has 1 atom stereocenters. The maximum absolute atomic E-state index is 12.4. The number of nitrogens with zero attached hydrogens (tertiary/aromatic N) is 1. The highest BCUT2D eigenvalue weighted by Gasteiger charge is 2.19. The van der Waals surface area contributed by atoms with Crippen molar-refractivity contribution in [2.24, 2.45) is 0 Å². The number of hydrogen-bond donors (Lipinski definition) is 2. The molecule has 0 aromatic heterocycles. The SMILES string of the molecule is CC(=O)NC(CSc1ccc(Cl)cc1)C(=O)NCCCN1CCOCC1. The Hall–Kier alpha value is -1.28. The minimum atomic E-state index is -0.559. The Balaban J connectivity index is 1.74. The summed E-state index contributed by atoms with van der Waals surface area (Å²) in [5.41, 5.74) is 0. The van der Waals surface area contributed by atoms with Gasteiger partial charge in [-0.1, -0.05) is 11.6 Å². The molecule has 6 nitrogen and oxygen atoms in total. The molecular weight excluding hydrogens is 374 g/mol. The number of nitrogens with one attached hydrogen (secondary N) is 2. The third-order valence-corrected chi connectivity index (χ3v) is 5.34. The van der Waals surface area contributed by atoms with Crippen LogP contribution < -0.4 is 10.6 Å². The maximum Gasteiger partial charge on any atom is 0.243 e. The zero-order valence-electron chi connectivity index (χ0n) is 15.0. The van der Waals surface area contributed by atoms with E-state index in [4.69, 9.17) is 16.3 Å². The van der Waals surface area contributed by atoms with Gasteiger partial charge in [0.05, 0.1) is 13.2 Å². The third-order valence-electron chi connectivity index (χ3n) is 3.98. The van der Waals surface area contributed by atoms with E-state index in [0.717, 1.165) is 44.2 Å². The Labute approximate surface area is 164 Å². The highest BCUT2D eigenvalue weighted by molar-refractivity contribution is 7.99. The molecule has 8 heteroatoms. The maximum atomic E-state index is 12.4. The van der Waals surface area contributed by atoms with Crippen molar-refractivity contribution in [3.8, 4) is 0 Å². The molecule has 1 aliphatic rings. The second kappa shape index (κ2) is 11.4. The lowest BCUT2D eigenvalue weighted by atomic mass is 10.3. The van der Waals surface area contributed by atoms with E-state index in [0.29, 0.717) is 17.3 Å². The van der Waals surface area contributed by atoms with Gasteiger partial charge >= 0.3 is 0 Å². The van der Waals surface area contributed by atoms with Crippen LogP contribution in [0.2, 0.25) is 5.02 Å². The van der Waals surface area contributed by atoms with Crippen LogP contribution in [0, 0.1) is 0 Å². The van der Waals surface area contributed by atoms with Crippen LogP contribution in [-0.2, 0) is 14.3 Å². The van der Waals surface area contributed by atoms with E-state index in [9.17, 15) is 9.59 Å². The predicted molar refractivity (Wildman–Crippen MR) is 105 cm³/mol. The summed E-state index contributed by atoms with van der Waals surface area (Å²) in [6.45, 7) is 6.40. The minimum absolute atomic E-state index is 0.149. The quantitative estimate of drug-likeness (QED) is 0.489. The number of benzene rings is 1. The lowest BCUT2D eigenvalue weighted by Crippen LogP contribution is -2.48. The summed E-state index contributed by atoms with van der Waals surface area (Å²) in [5, 5.41) is 6.33. The van der Waals surface area contributed by atoms with Gasteiger partial charge < -0.3 is 15.4 Å². The average molecular weight is 400 g/mol. The van der Waals surface area contributed by atoms with Crippen molar-refractivity contribution in [2.45, 2.75) is 24.3 Å². The summed E-state index contributed by atoms with van der Waals surface area (Å²) in [6.07, 6.45) is 0.878. The lowest BCUT2D eigenvalue weighted by Gasteiger charge is -2.26. The molecule has 1 fully saturated rings. The Morgan fingerprint density at radius 2 is 1.96 bits per heavy atom. The summed E-state index contributed by atoms with van der Waals surface area (Å²) in [7, 11) is 0. The number of halogens is 1. The van der Waals surface area contributed by atoms with Crippen LogP contribution in [-0.4, -0.2) is 67.9 Å². The van der Waals surface area contributed by atoms with Crippen molar-refractivity contribution in [1.29, 1.82) is 0 Å². The highest BCUT2D eigenvalue weighted by Crippen LogP contribution is 2.21. The molecule has 2 amide bonds. The van der Waals surface area contributed by atoms with Gasteiger partial charge in [-0.2, -0.15) is 0 Å². The molecule has 1 saturated heterocycles. The lowest BCUT2D eigenvalue weighted by molar-refractivity contribution is -0.127. The molecule has 1 aliphatic heterocycles. The largest absolute Gasteiger partial charge is 0.379 e. The zero-order valence-corrected chi connectivity index (χ0v) is 16.6. The second-order valence-electron chi connectivity index (χ2n) is 6.12. The molecule has 0 aliphatic carbocycles. The van der Waals surface area contributed by atoms with Crippen molar-refractivity contribution in [2.75, 3.05) is 45.1 Å². The van der Waals surface area contributed by atoms with Crippen molar-refractivity contribution < 1.29 is 14.3 Å². The van der Waals surface area contributed by atoms with Gasteiger partial charge in [0, 0.05) is 42.2 Å². The molecule has 0 saturated carbocycles. The van der Waals surface area contributed by atoms with Gasteiger partial charge in [0.15, 0.2) is 0 Å². The fraction of sp³-hybridized carbons (Fsp3) is 0.556. The van der Waals surface area contributed by atoms with E-state index >= 15 is 0 Å². The summed E-state index contributed by atoms with van der Waals surface area (Å²) in [6, 6.07) is 6.86. The van der Waals surface area contributed by atoms with E-state index in [-0.39, 0.29) is 11.8 Å². The fourth-order valence-corrected chi connectivity index (χ4v) is 3.65. The summed E-state index contributed by atoms with van der Waals surface area (Å²) in [4.78, 5) is 27.2. The molecule has 1 aromatic carbocycles. The Bertz CT molecular complexity index is 580. The van der Waals surface area contributed by atoms with Crippen LogP contribution in [0.15, 0.2) is 29.2 Å².